The van der Waals surface area contributed by atoms with Crippen molar-refractivity contribution in [1.82, 2.24) is 0 Å². The second-order valence-corrected chi connectivity index (χ2v) is 9.62. The number of esters is 2. The van der Waals surface area contributed by atoms with Gasteiger partial charge in [0.15, 0.2) is 11.5 Å². The Labute approximate surface area is 218 Å². The predicted molar refractivity (Wildman–Crippen MR) is 136 cm³/mol. The number of carboxylic acid groups (broad SMARTS) is 1. The average molecular weight is 524 g/mol. The Hall–Kier alpha value is -3.14. The molecule has 1 aromatic rings. The molecular weight excluding hydrogens is 482 g/mol. The first-order chi connectivity index (χ1) is 17.3. The maximum atomic E-state index is 12.5. The van der Waals surface area contributed by atoms with Crippen molar-refractivity contribution in [3.05, 3.63) is 23.8 Å². The maximum absolute atomic E-state index is 12.5. The first-order valence-corrected chi connectivity index (χ1v) is 12.7. The summed E-state index contributed by atoms with van der Waals surface area (Å²) in [5.74, 6) is -1.99. The fourth-order valence-electron chi connectivity index (χ4n) is 3.48. The molecule has 0 bridgehead atoms. The van der Waals surface area contributed by atoms with Crippen LogP contribution in [0.1, 0.15) is 79.2 Å². The van der Waals surface area contributed by atoms with E-state index in [1.165, 1.54) is 19.1 Å². The van der Waals surface area contributed by atoms with Gasteiger partial charge in [-0.3, -0.25) is 14.4 Å². The van der Waals surface area contributed by atoms with Crippen molar-refractivity contribution in [3.63, 3.8) is 0 Å². The van der Waals surface area contributed by atoms with Gasteiger partial charge in [-0.2, -0.15) is 0 Å². The van der Waals surface area contributed by atoms with Gasteiger partial charge in [-0.15, -0.1) is 0 Å². The minimum Gasteiger partial charge on any atom is -0.480 e. The number of rotatable bonds is 15. The van der Waals surface area contributed by atoms with Crippen LogP contribution in [0.25, 0.3) is 0 Å². The molecule has 10 nitrogen and oxygen atoms in total. The first-order valence-electron chi connectivity index (χ1n) is 12.7. The van der Waals surface area contributed by atoms with E-state index in [0.717, 1.165) is 12.8 Å². The maximum Gasteiger partial charge on any atom is 0.508 e. The highest BCUT2D eigenvalue weighted by molar-refractivity contribution is 5.79. The Morgan fingerprint density at radius 2 is 1.46 bits per heavy atom. The summed E-state index contributed by atoms with van der Waals surface area (Å²) in [6.45, 7) is 11.0. The molecule has 10 heteroatoms. The molecule has 0 fully saturated rings. The molecule has 3 N–H and O–H groups in total. The van der Waals surface area contributed by atoms with Crippen molar-refractivity contribution in [3.8, 4) is 11.5 Å². The highest BCUT2D eigenvalue weighted by atomic mass is 16.7. The molecule has 0 spiro atoms. The lowest BCUT2D eigenvalue weighted by Crippen LogP contribution is -2.52. The van der Waals surface area contributed by atoms with Crippen LogP contribution < -0.4 is 15.2 Å². The van der Waals surface area contributed by atoms with Crippen LogP contribution in [0, 0.1) is 11.8 Å². The molecule has 0 aliphatic rings. The normalized spacial score (nSPS) is 15.0. The number of carboxylic acids is 1. The molecule has 37 heavy (non-hydrogen) atoms. The Morgan fingerprint density at radius 3 is 1.95 bits per heavy atom. The predicted octanol–water partition coefficient (Wildman–Crippen LogP) is 4.65. The molecule has 4 atom stereocenters. The highest BCUT2D eigenvalue weighted by Crippen LogP contribution is 2.32. The van der Waals surface area contributed by atoms with Crippen molar-refractivity contribution < 1.29 is 43.2 Å². The van der Waals surface area contributed by atoms with Gasteiger partial charge in [-0.1, -0.05) is 46.6 Å². The molecule has 0 radical (unpaired) electrons. The van der Waals surface area contributed by atoms with Gasteiger partial charge in [0.05, 0.1) is 6.61 Å². The Kier molecular flexibility index (Phi) is 13.1. The lowest BCUT2D eigenvalue weighted by molar-refractivity contribution is -0.144. The lowest BCUT2D eigenvalue weighted by atomic mass is 9.86. The summed E-state index contributed by atoms with van der Waals surface area (Å²) in [6.07, 6.45) is -0.174. The highest BCUT2D eigenvalue weighted by Gasteiger charge is 2.37. The third kappa shape index (κ3) is 11.2. The SMILES string of the molecule is CCOC(=O)O[C@@H](C)CC(N)(Cc1ccc(OC(=O)CC(C)CC)c(OC(=O)CC(C)CC)c1)C(=O)O. The zero-order valence-corrected chi connectivity index (χ0v) is 22.7. The molecule has 0 heterocycles. The number of ether oxygens (including phenoxy) is 4. The third-order valence-corrected chi connectivity index (χ3v) is 6.04. The summed E-state index contributed by atoms with van der Waals surface area (Å²) >= 11 is 0. The molecule has 0 aliphatic heterocycles. The number of carbonyl (C=O) groups is 4. The molecule has 0 aliphatic carbocycles. The monoisotopic (exact) mass is 523 g/mol. The molecular formula is C27H41NO9. The zero-order chi connectivity index (χ0) is 28.2. The van der Waals surface area contributed by atoms with Gasteiger partial charge in [0.1, 0.15) is 11.6 Å². The molecule has 208 valence electrons. The lowest BCUT2D eigenvalue weighted by Gasteiger charge is -2.28. The number of hydrogen-bond donors (Lipinski definition) is 2. The number of carbonyl (C=O) groups excluding carboxylic acids is 3. The zero-order valence-electron chi connectivity index (χ0n) is 22.7. The van der Waals surface area contributed by atoms with Crippen molar-refractivity contribution in [2.24, 2.45) is 17.6 Å². The second kappa shape index (κ2) is 15.2. The van der Waals surface area contributed by atoms with Crippen LogP contribution in [0.3, 0.4) is 0 Å². The summed E-state index contributed by atoms with van der Waals surface area (Å²) in [5, 5.41) is 9.85. The summed E-state index contributed by atoms with van der Waals surface area (Å²) in [5.41, 5.74) is 4.85. The van der Waals surface area contributed by atoms with Crippen LogP contribution in [0.2, 0.25) is 0 Å². The minimum atomic E-state index is -1.81. The molecule has 3 unspecified atom stereocenters. The van der Waals surface area contributed by atoms with E-state index in [-0.39, 0.29) is 55.6 Å². The van der Waals surface area contributed by atoms with E-state index in [1.54, 1.807) is 13.0 Å². The van der Waals surface area contributed by atoms with Gasteiger partial charge in [0, 0.05) is 25.7 Å². The molecule has 0 saturated heterocycles. The van der Waals surface area contributed by atoms with Crippen LogP contribution in [0.5, 0.6) is 11.5 Å². The number of benzene rings is 1. The van der Waals surface area contributed by atoms with Crippen LogP contribution in [-0.4, -0.2) is 47.4 Å². The molecule has 0 amide bonds. The van der Waals surface area contributed by atoms with Crippen molar-refractivity contribution in [1.29, 1.82) is 0 Å². The number of aliphatic carboxylic acids is 1. The second-order valence-electron chi connectivity index (χ2n) is 9.62. The fourth-order valence-corrected chi connectivity index (χ4v) is 3.48. The van der Waals surface area contributed by atoms with E-state index in [2.05, 4.69) is 0 Å². The van der Waals surface area contributed by atoms with Gasteiger partial charge in [-0.05, 0) is 43.4 Å². The van der Waals surface area contributed by atoms with E-state index in [1.807, 2.05) is 27.7 Å². The average Bonchev–Trinajstić information content (AvgIpc) is 2.80. The van der Waals surface area contributed by atoms with Crippen molar-refractivity contribution >= 4 is 24.1 Å². The largest absolute Gasteiger partial charge is 0.508 e. The fraction of sp³-hybridized carbons (Fsp3) is 0.630. The van der Waals surface area contributed by atoms with E-state index in [4.69, 9.17) is 24.7 Å². The Bertz CT molecular complexity index is 932. The van der Waals surface area contributed by atoms with Gasteiger partial charge in [0.25, 0.3) is 0 Å². The molecule has 0 aromatic heterocycles. The van der Waals surface area contributed by atoms with Crippen LogP contribution in [-0.2, 0) is 30.3 Å². The Balaban J connectivity index is 3.20. The molecule has 0 saturated carbocycles. The van der Waals surface area contributed by atoms with Gasteiger partial charge < -0.3 is 29.8 Å². The van der Waals surface area contributed by atoms with Crippen molar-refractivity contribution in [2.45, 2.75) is 91.7 Å². The van der Waals surface area contributed by atoms with Gasteiger partial charge in [-0.25, -0.2) is 4.79 Å². The summed E-state index contributed by atoms with van der Waals surface area (Å²) in [4.78, 5) is 48.6. The van der Waals surface area contributed by atoms with Gasteiger partial charge in [0.2, 0.25) is 0 Å². The number of nitrogens with two attached hydrogens (primary N) is 1. The van der Waals surface area contributed by atoms with Crippen LogP contribution in [0.15, 0.2) is 18.2 Å². The van der Waals surface area contributed by atoms with Gasteiger partial charge >= 0.3 is 24.1 Å². The smallest absolute Gasteiger partial charge is 0.480 e. The Morgan fingerprint density at radius 1 is 0.919 bits per heavy atom. The van der Waals surface area contributed by atoms with E-state index in [0.29, 0.717) is 5.56 Å². The summed E-state index contributed by atoms with van der Waals surface area (Å²) in [7, 11) is 0. The van der Waals surface area contributed by atoms with Crippen LogP contribution in [0.4, 0.5) is 4.79 Å². The first kappa shape index (κ1) is 31.9. The standard InChI is InChI=1S/C27H41NO9/c1-7-17(4)12-23(29)36-21-11-10-20(14-22(21)37-24(30)13-18(5)8-2)16-27(28,25(31)32)15-19(6)35-26(33)34-9-3/h10-11,14,17-19H,7-9,12-13,15-16,28H2,1-6H3,(H,31,32)/t17?,18?,19-,27?/m0/s1. The quantitative estimate of drug-likeness (QED) is 0.245. The van der Waals surface area contributed by atoms with E-state index < -0.39 is 35.7 Å². The molecule has 1 rings (SSSR count). The summed E-state index contributed by atoms with van der Waals surface area (Å²) in [6, 6.07) is 4.46. The number of hydrogen-bond acceptors (Lipinski definition) is 9. The van der Waals surface area contributed by atoms with E-state index in [9.17, 15) is 24.3 Å². The topological polar surface area (TPSA) is 151 Å². The van der Waals surface area contributed by atoms with E-state index >= 15 is 0 Å². The molecule has 1 aromatic carbocycles. The third-order valence-electron chi connectivity index (χ3n) is 6.04. The van der Waals surface area contributed by atoms with Crippen molar-refractivity contribution in [2.75, 3.05) is 6.61 Å². The summed E-state index contributed by atoms with van der Waals surface area (Å²) < 4.78 is 20.8. The minimum absolute atomic E-state index is 0.00636. The van der Waals surface area contributed by atoms with Crippen LogP contribution >= 0.6 is 0 Å².